The van der Waals surface area contributed by atoms with Crippen molar-refractivity contribution in [2.75, 3.05) is 18.8 Å². The Morgan fingerprint density at radius 1 is 1.15 bits per heavy atom. The molecule has 13 heteroatoms. The Labute approximate surface area is 353 Å². The maximum atomic E-state index is 13.3. The van der Waals surface area contributed by atoms with Crippen LogP contribution >= 0.6 is 21.6 Å². The Balaban J connectivity index is 1.19. The maximum Gasteiger partial charge on any atom is 0.187 e. The van der Waals surface area contributed by atoms with Gasteiger partial charge in [-0.05, 0) is 59.9 Å². The number of carbonyl (C=O) groups excluding carboxylic acids is 1. The molecule has 1 saturated carbocycles. The summed E-state index contributed by atoms with van der Waals surface area (Å²) in [4.78, 5) is 20.5. The number of ether oxygens (including phenoxy) is 2. The predicted molar refractivity (Wildman–Crippen MR) is 229 cm³/mol. The smallest absolute Gasteiger partial charge is 0.187 e. The van der Waals surface area contributed by atoms with Gasteiger partial charge in [-0.25, -0.2) is 0 Å². The van der Waals surface area contributed by atoms with Crippen LogP contribution in [0.2, 0.25) is 0 Å². The van der Waals surface area contributed by atoms with Crippen molar-refractivity contribution in [3.05, 3.63) is 75.1 Å². The quantitative estimate of drug-likeness (QED) is 0.133. The number of allylic oxidation sites excluding steroid dienone is 1. The minimum Gasteiger partial charge on any atom is -0.508 e. The van der Waals surface area contributed by atoms with E-state index in [0.717, 1.165) is 77.0 Å². The average molecular weight is 837 g/mol. The zero-order valence-electron chi connectivity index (χ0n) is 33.3. The van der Waals surface area contributed by atoms with E-state index in [2.05, 4.69) is 40.3 Å². The lowest BCUT2D eigenvalue weighted by atomic mass is 9.73. The van der Waals surface area contributed by atoms with Gasteiger partial charge in [-0.1, -0.05) is 77.7 Å². The molecule has 8 aliphatic rings. The molecule has 2 aromatic rings. The molecule has 1 aliphatic carbocycles. The summed E-state index contributed by atoms with van der Waals surface area (Å²) in [7, 11) is 3.36. The first-order chi connectivity index (χ1) is 28.6. The van der Waals surface area contributed by atoms with Crippen LogP contribution in [0.4, 0.5) is 0 Å². The summed E-state index contributed by atoms with van der Waals surface area (Å²) in [6, 6.07) is 5.58. The largest absolute Gasteiger partial charge is 0.508 e. The second-order valence-electron chi connectivity index (χ2n) is 17.0. The molecular weight excluding hydrogens is 785 g/mol. The number of phenolic OH excluding ortho intramolecular Hbond substituents is 1. The molecule has 7 N–H and O–H groups in total. The molecule has 7 aliphatic heterocycles. The highest BCUT2D eigenvalue weighted by Crippen LogP contribution is 2.52. The Bertz CT molecular complexity index is 2250. The summed E-state index contributed by atoms with van der Waals surface area (Å²) in [6.07, 6.45) is 9.23. The number of hydrogen-bond acceptors (Lipinski definition) is 13. The first-order valence-corrected chi connectivity index (χ1v) is 23.5. The number of aliphatic imine (C=N–C) groups is 1. The zero-order valence-corrected chi connectivity index (χ0v) is 35.0. The van der Waals surface area contributed by atoms with Gasteiger partial charge in [-0.15, -0.1) is 0 Å². The monoisotopic (exact) mass is 836 g/mol. The Kier molecular flexibility index (Phi) is 11.6. The van der Waals surface area contributed by atoms with Crippen molar-refractivity contribution in [1.82, 2.24) is 10.2 Å². The van der Waals surface area contributed by atoms with E-state index in [1.807, 2.05) is 25.3 Å². The van der Waals surface area contributed by atoms with Gasteiger partial charge in [0, 0.05) is 78.4 Å². The molecule has 59 heavy (non-hydrogen) atoms. The molecule has 11 nitrogen and oxygen atoms in total. The number of benzene rings is 2. The Morgan fingerprint density at radius 3 is 2.81 bits per heavy atom. The zero-order chi connectivity index (χ0) is 40.8. The molecule has 10 rings (SSSR count). The van der Waals surface area contributed by atoms with E-state index in [-0.39, 0.29) is 49.3 Å². The SMILES string of the molecule is CCC[C@H](O)C[C@@H](O)CC(=O)CCc1c(O)cc2c3c1CSSC[C@@H]1CN[C@H](N)c4ccc5c(c41)CC1=CN=C4CN(C=C14)[C@@H](O3)[C@H](C#C[C@H]5O)C1(C#CO2)CCCC1. The lowest BCUT2D eigenvalue weighted by Gasteiger charge is -2.39. The second-order valence-corrected chi connectivity index (χ2v) is 19.5. The number of Topliss-reactive ketones (excluding diaryl/α,β-unsaturated/α-hetero) is 1. The standard InChI is InChI=1S/C46H52N4O7S2/c1-2-5-28(51)17-30(53)18-29(52)6-7-32-36-25-59-58-24-27-21-49-44(47)33-9-8-31-34(42(27)33)16-26-20-48-38-23-50(22-35(26)38)45-37(10-11-39(31)54)46(12-3-4-13-46)14-15-56-41(19-40(32)55)43(36)57-45/h8-9,19-20,22,27-28,30,37,39,44-45,49,51,53-55H,2-7,12-13,16-18,21,23-25,47H2,1H3/t27-,28-,30+,37-,39+,44-,45-/m0/s1. The van der Waals surface area contributed by atoms with Crippen LogP contribution in [0.1, 0.15) is 116 Å². The van der Waals surface area contributed by atoms with E-state index in [1.165, 1.54) is 0 Å². The third-order valence-electron chi connectivity index (χ3n) is 13.1. The van der Waals surface area contributed by atoms with E-state index in [0.29, 0.717) is 54.3 Å². The van der Waals surface area contributed by atoms with E-state index < -0.39 is 35.9 Å². The van der Waals surface area contributed by atoms with Crippen molar-refractivity contribution >= 4 is 33.1 Å². The third kappa shape index (κ3) is 7.81. The molecule has 1 spiro atoms. The fourth-order valence-electron chi connectivity index (χ4n) is 10.1. The fraction of sp³-hybridized carbons (Fsp3) is 0.522. The number of hydrogen-bond donors (Lipinski definition) is 6. The number of ketones is 1. The molecule has 7 heterocycles. The van der Waals surface area contributed by atoms with Gasteiger partial charge in [-0.2, -0.15) is 0 Å². The van der Waals surface area contributed by atoms with Gasteiger partial charge in [0.05, 0.1) is 42.0 Å². The van der Waals surface area contributed by atoms with Crippen molar-refractivity contribution in [3.63, 3.8) is 0 Å². The topological polar surface area (TPSA) is 170 Å². The number of aliphatic hydroxyl groups is 3. The highest BCUT2D eigenvalue weighted by molar-refractivity contribution is 8.76. The van der Waals surface area contributed by atoms with Gasteiger partial charge in [-0.3, -0.25) is 15.1 Å². The first-order valence-electron chi connectivity index (χ1n) is 21.1. The molecule has 0 amide bonds. The minimum atomic E-state index is -1.08. The number of aliphatic hydroxyl groups excluding tert-OH is 3. The van der Waals surface area contributed by atoms with Crippen LogP contribution in [0.15, 0.2) is 46.7 Å². The van der Waals surface area contributed by atoms with Crippen molar-refractivity contribution < 1.29 is 34.7 Å². The average Bonchev–Trinajstić information content (AvgIpc) is 3.95. The number of carbonyl (C=O) groups is 1. The molecule has 0 saturated heterocycles. The van der Waals surface area contributed by atoms with Gasteiger partial charge in [0.2, 0.25) is 0 Å². The van der Waals surface area contributed by atoms with Crippen molar-refractivity contribution in [1.29, 1.82) is 0 Å². The van der Waals surface area contributed by atoms with E-state index in [1.54, 1.807) is 27.7 Å². The van der Waals surface area contributed by atoms with Crippen molar-refractivity contribution in [2.24, 2.45) is 22.1 Å². The van der Waals surface area contributed by atoms with E-state index in [4.69, 9.17) is 20.2 Å². The number of aromatic hydroxyl groups is 1. The van der Waals surface area contributed by atoms with Crippen LogP contribution in [-0.4, -0.2) is 74.1 Å². The van der Waals surface area contributed by atoms with Crippen LogP contribution in [0.5, 0.6) is 17.2 Å². The summed E-state index contributed by atoms with van der Waals surface area (Å²) in [5.74, 6) is 11.8. The predicted octanol–water partition coefficient (Wildman–Crippen LogP) is 5.80. The fourth-order valence-corrected chi connectivity index (χ4v) is 12.6. The Morgan fingerprint density at radius 2 is 1.98 bits per heavy atom. The Hall–Kier alpha value is -3.92. The van der Waals surface area contributed by atoms with Crippen LogP contribution in [0.3, 0.4) is 0 Å². The lowest BCUT2D eigenvalue weighted by molar-refractivity contribution is -0.121. The summed E-state index contributed by atoms with van der Waals surface area (Å²) >= 11 is 0. The number of rotatable bonds is 9. The maximum absolute atomic E-state index is 13.3. The summed E-state index contributed by atoms with van der Waals surface area (Å²) in [5, 5.41) is 48.3. The first kappa shape index (κ1) is 40.5. The van der Waals surface area contributed by atoms with E-state index in [9.17, 15) is 25.2 Å². The molecule has 2 aromatic carbocycles. The van der Waals surface area contributed by atoms with Crippen LogP contribution in [0, 0.1) is 35.2 Å². The summed E-state index contributed by atoms with van der Waals surface area (Å²) in [5.41, 5.74) is 14.5. The molecular formula is C46H52N4O7S2. The number of nitrogens with two attached hydrogens (primary N) is 1. The lowest BCUT2D eigenvalue weighted by Crippen LogP contribution is -2.47. The molecule has 0 unspecified atom stereocenters. The van der Waals surface area contributed by atoms with Gasteiger partial charge in [0.25, 0.3) is 0 Å². The second kappa shape index (κ2) is 16.9. The number of phenols is 1. The summed E-state index contributed by atoms with van der Waals surface area (Å²) in [6.45, 7) is 3.12. The van der Waals surface area contributed by atoms with Gasteiger partial charge in [0.15, 0.2) is 17.7 Å². The van der Waals surface area contributed by atoms with Crippen LogP contribution < -0.4 is 20.5 Å². The van der Waals surface area contributed by atoms with Crippen molar-refractivity contribution in [2.45, 2.75) is 120 Å². The minimum absolute atomic E-state index is 0.0189. The molecule has 8 bridgehead atoms. The van der Waals surface area contributed by atoms with Gasteiger partial charge >= 0.3 is 0 Å². The number of nitrogens with one attached hydrogen (secondary N) is 1. The highest BCUT2D eigenvalue weighted by atomic mass is 33.1. The number of nitrogens with zero attached hydrogens (tertiary/aromatic N) is 2. The van der Waals surface area contributed by atoms with Gasteiger partial charge < -0.3 is 40.5 Å². The third-order valence-corrected chi connectivity index (χ3v) is 15.5. The normalized spacial score (nSPS) is 26.8. The highest BCUT2D eigenvalue weighted by Gasteiger charge is 2.49. The van der Waals surface area contributed by atoms with Crippen molar-refractivity contribution in [3.8, 4) is 41.1 Å². The molecule has 1 fully saturated rings. The number of fused-ring (bicyclic) bond motifs is 4. The summed E-state index contributed by atoms with van der Waals surface area (Å²) < 4.78 is 13.6. The van der Waals surface area contributed by atoms with Crippen LogP contribution in [0.25, 0.3) is 0 Å². The molecule has 0 aromatic heterocycles. The molecule has 310 valence electrons. The van der Waals surface area contributed by atoms with Crippen LogP contribution in [-0.2, 0) is 23.4 Å². The van der Waals surface area contributed by atoms with E-state index >= 15 is 0 Å². The molecule has 7 atom stereocenters. The molecule has 0 radical (unpaired) electrons. The van der Waals surface area contributed by atoms with Gasteiger partial charge in [0.1, 0.15) is 23.7 Å².